The Kier molecular flexibility index (Phi) is 6.00. The summed E-state index contributed by atoms with van der Waals surface area (Å²) in [7, 11) is 0. The first-order chi connectivity index (χ1) is 13.0. The van der Waals surface area contributed by atoms with E-state index in [1.54, 1.807) is 0 Å². The van der Waals surface area contributed by atoms with Crippen LogP contribution < -0.4 is 5.32 Å². The van der Waals surface area contributed by atoms with Crippen LogP contribution >= 0.6 is 0 Å². The molecule has 3 nitrogen and oxygen atoms in total. The van der Waals surface area contributed by atoms with Gasteiger partial charge < -0.3 is 9.88 Å². The summed E-state index contributed by atoms with van der Waals surface area (Å²) in [6, 6.07) is 17.1. The molecule has 0 saturated carbocycles. The highest BCUT2D eigenvalue weighted by Crippen LogP contribution is 2.35. The lowest BCUT2D eigenvalue weighted by molar-refractivity contribution is -0.121. The molecule has 0 aliphatic carbocycles. The highest BCUT2D eigenvalue weighted by molar-refractivity contribution is 5.86. The average molecular weight is 363 g/mol. The van der Waals surface area contributed by atoms with Crippen molar-refractivity contribution in [3.8, 4) is 0 Å². The number of carbonyl (C=O) groups is 1. The van der Waals surface area contributed by atoms with Crippen LogP contribution in [-0.2, 0) is 11.3 Å². The Morgan fingerprint density at radius 2 is 1.78 bits per heavy atom. The summed E-state index contributed by atoms with van der Waals surface area (Å²) >= 11 is 0. The van der Waals surface area contributed by atoms with Gasteiger partial charge >= 0.3 is 0 Å². The fourth-order valence-corrected chi connectivity index (χ4v) is 3.60. The van der Waals surface area contributed by atoms with Gasteiger partial charge in [-0.05, 0) is 37.0 Å². The van der Waals surface area contributed by atoms with E-state index in [0.29, 0.717) is 12.3 Å². The minimum atomic E-state index is 0.0514. The van der Waals surface area contributed by atoms with E-state index < -0.39 is 0 Å². The maximum absolute atomic E-state index is 12.7. The van der Waals surface area contributed by atoms with Crippen LogP contribution in [-0.4, -0.2) is 17.0 Å². The van der Waals surface area contributed by atoms with Crippen molar-refractivity contribution >= 4 is 16.8 Å². The Balaban J connectivity index is 2.02. The standard InChI is InChI=1S/C24H30N2O/c1-5-26-16-22(20-8-6-7-9-23(20)26)21(14-24(27)25-15-17(2)3)19-12-10-18(4)11-13-19/h6-13,16-17,21H,5,14-15H2,1-4H3,(H,25,27)/t21-/m1/s1. The van der Waals surface area contributed by atoms with E-state index in [0.717, 1.165) is 13.1 Å². The summed E-state index contributed by atoms with van der Waals surface area (Å²) in [6.45, 7) is 10.1. The van der Waals surface area contributed by atoms with E-state index in [1.807, 2.05) is 0 Å². The van der Waals surface area contributed by atoms with Crippen molar-refractivity contribution in [3.05, 3.63) is 71.4 Å². The average Bonchev–Trinajstić information content (AvgIpc) is 3.04. The molecule has 0 aliphatic rings. The normalized spacial score (nSPS) is 12.5. The molecule has 1 N–H and O–H groups in total. The molecule has 1 heterocycles. The molecule has 0 spiro atoms. The molecule has 1 amide bonds. The van der Waals surface area contributed by atoms with Gasteiger partial charge in [0.05, 0.1) is 0 Å². The molecule has 0 bridgehead atoms. The van der Waals surface area contributed by atoms with E-state index in [9.17, 15) is 4.79 Å². The third-order valence-corrected chi connectivity index (χ3v) is 5.11. The van der Waals surface area contributed by atoms with Crippen LogP contribution in [0.3, 0.4) is 0 Å². The van der Waals surface area contributed by atoms with Gasteiger partial charge in [-0.15, -0.1) is 0 Å². The summed E-state index contributed by atoms with van der Waals surface area (Å²) in [5.74, 6) is 0.617. The quantitative estimate of drug-likeness (QED) is 0.611. The number of nitrogens with one attached hydrogen (secondary N) is 1. The molecule has 0 radical (unpaired) electrons. The van der Waals surface area contributed by atoms with Gasteiger partial charge in [-0.2, -0.15) is 0 Å². The second-order valence-electron chi connectivity index (χ2n) is 7.75. The second-order valence-corrected chi connectivity index (χ2v) is 7.75. The molecule has 1 atom stereocenters. The van der Waals surface area contributed by atoms with Crippen LogP contribution in [0.5, 0.6) is 0 Å². The third-order valence-electron chi connectivity index (χ3n) is 5.11. The van der Waals surface area contributed by atoms with Crippen molar-refractivity contribution in [2.24, 2.45) is 5.92 Å². The lowest BCUT2D eigenvalue weighted by Gasteiger charge is -2.18. The molecule has 3 rings (SSSR count). The number of carbonyl (C=O) groups excluding carboxylic acids is 1. The summed E-state index contributed by atoms with van der Waals surface area (Å²) < 4.78 is 2.28. The van der Waals surface area contributed by atoms with Gasteiger partial charge in [0.25, 0.3) is 0 Å². The van der Waals surface area contributed by atoms with Gasteiger partial charge in [-0.1, -0.05) is 61.9 Å². The predicted octanol–water partition coefficient (Wildman–Crippen LogP) is 5.26. The highest BCUT2D eigenvalue weighted by atomic mass is 16.1. The molecule has 0 aliphatic heterocycles. The maximum atomic E-state index is 12.7. The number of amides is 1. The van der Waals surface area contributed by atoms with Gasteiger partial charge in [0.15, 0.2) is 0 Å². The van der Waals surface area contributed by atoms with Crippen LogP contribution in [0.15, 0.2) is 54.7 Å². The molecule has 142 valence electrons. The monoisotopic (exact) mass is 362 g/mol. The zero-order valence-corrected chi connectivity index (χ0v) is 16.8. The van der Waals surface area contributed by atoms with E-state index >= 15 is 0 Å². The number of hydrogen-bond donors (Lipinski definition) is 1. The van der Waals surface area contributed by atoms with Crippen LogP contribution in [0, 0.1) is 12.8 Å². The Morgan fingerprint density at radius 1 is 1.07 bits per heavy atom. The number of nitrogens with zero attached hydrogens (tertiary/aromatic N) is 1. The van der Waals surface area contributed by atoms with Gasteiger partial charge in [0.1, 0.15) is 0 Å². The van der Waals surface area contributed by atoms with Crippen molar-refractivity contribution < 1.29 is 4.79 Å². The summed E-state index contributed by atoms with van der Waals surface area (Å²) in [5.41, 5.74) is 4.89. The second kappa shape index (κ2) is 8.43. The van der Waals surface area contributed by atoms with Crippen LogP contribution in [0.4, 0.5) is 0 Å². The van der Waals surface area contributed by atoms with Crippen molar-refractivity contribution in [1.82, 2.24) is 9.88 Å². The van der Waals surface area contributed by atoms with Gasteiger partial charge in [-0.3, -0.25) is 4.79 Å². The number of para-hydroxylation sites is 1. The number of benzene rings is 2. The number of aryl methyl sites for hydroxylation is 2. The van der Waals surface area contributed by atoms with Crippen molar-refractivity contribution in [2.45, 2.75) is 46.6 Å². The number of aromatic nitrogens is 1. The molecular formula is C24H30N2O. The number of rotatable bonds is 7. The first-order valence-corrected chi connectivity index (χ1v) is 9.90. The topological polar surface area (TPSA) is 34.0 Å². The third kappa shape index (κ3) is 4.41. The molecule has 3 aromatic rings. The Hall–Kier alpha value is -2.55. The number of hydrogen-bond acceptors (Lipinski definition) is 1. The number of fused-ring (bicyclic) bond motifs is 1. The first kappa shape index (κ1) is 19.2. The Labute approximate surface area is 162 Å². The van der Waals surface area contributed by atoms with Crippen LogP contribution in [0.25, 0.3) is 10.9 Å². The molecule has 27 heavy (non-hydrogen) atoms. The van der Waals surface area contributed by atoms with E-state index in [4.69, 9.17) is 0 Å². The smallest absolute Gasteiger partial charge is 0.220 e. The van der Waals surface area contributed by atoms with Gasteiger partial charge in [0, 0.05) is 42.5 Å². The minimum absolute atomic E-state index is 0.0514. The fraction of sp³-hybridized carbons (Fsp3) is 0.375. The lowest BCUT2D eigenvalue weighted by atomic mass is 9.87. The highest BCUT2D eigenvalue weighted by Gasteiger charge is 2.22. The molecule has 3 heteroatoms. The summed E-state index contributed by atoms with van der Waals surface area (Å²) in [5, 5.41) is 4.32. The summed E-state index contributed by atoms with van der Waals surface area (Å²) in [6.07, 6.45) is 2.69. The van der Waals surface area contributed by atoms with Gasteiger partial charge in [-0.25, -0.2) is 0 Å². The Bertz CT molecular complexity index is 906. The SMILES string of the molecule is CCn1cc([C@H](CC(=O)NCC(C)C)c2ccc(C)cc2)c2ccccc21. The Morgan fingerprint density at radius 3 is 2.44 bits per heavy atom. The first-order valence-electron chi connectivity index (χ1n) is 9.90. The van der Waals surface area contributed by atoms with Crippen LogP contribution in [0.2, 0.25) is 0 Å². The van der Waals surface area contributed by atoms with E-state index in [2.05, 4.69) is 92.3 Å². The summed E-state index contributed by atoms with van der Waals surface area (Å²) in [4.78, 5) is 12.7. The molecule has 0 saturated heterocycles. The predicted molar refractivity (Wildman–Crippen MR) is 113 cm³/mol. The molecule has 1 aromatic heterocycles. The van der Waals surface area contributed by atoms with E-state index in [1.165, 1.54) is 27.6 Å². The van der Waals surface area contributed by atoms with Crippen molar-refractivity contribution in [3.63, 3.8) is 0 Å². The molecule has 2 aromatic carbocycles. The minimum Gasteiger partial charge on any atom is -0.356 e. The van der Waals surface area contributed by atoms with Crippen LogP contribution in [0.1, 0.15) is 49.8 Å². The molecular weight excluding hydrogens is 332 g/mol. The maximum Gasteiger partial charge on any atom is 0.220 e. The van der Waals surface area contributed by atoms with E-state index in [-0.39, 0.29) is 11.8 Å². The fourth-order valence-electron chi connectivity index (χ4n) is 3.60. The lowest BCUT2D eigenvalue weighted by Crippen LogP contribution is -2.28. The van der Waals surface area contributed by atoms with Crippen molar-refractivity contribution in [1.29, 1.82) is 0 Å². The largest absolute Gasteiger partial charge is 0.356 e. The zero-order chi connectivity index (χ0) is 19.4. The van der Waals surface area contributed by atoms with Crippen molar-refractivity contribution in [2.75, 3.05) is 6.54 Å². The van der Waals surface area contributed by atoms with Gasteiger partial charge in [0.2, 0.25) is 5.91 Å². The molecule has 0 unspecified atom stereocenters. The molecule has 0 fully saturated rings. The zero-order valence-electron chi connectivity index (χ0n) is 16.8.